The summed E-state index contributed by atoms with van der Waals surface area (Å²) in [6.07, 6.45) is 0. The van der Waals surface area contributed by atoms with Crippen LogP contribution < -0.4 is 5.32 Å². The molecule has 0 atom stereocenters. The highest BCUT2D eigenvalue weighted by Crippen LogP contribution is 2.25. The Morgan fingerprint density at radius 2 is 1.90 bits per heavy atom. The first-order valence-corrected chi connectivity index (χ1v) is 10.1. The highest BCUT2D eigenvalue weighted by molar-refractivity contribution is 7.89. The van der Waals surface area contributed by atoms with Crippen molar-refractivity contribution in [1.29, 1.82) is 0 Å². The Kier molecular flexibility index (Phi) is 5.94. The summed E-state index contributed by atoms with van der Waals surface area (Å²) >= 11 is 0. The number of amides is 1. The number of benzene rings is 2. The van der Waals surface area contributed by atoms with Gasteiger partial charge >= 0.3 is 0 Å². The van der Waals surface area contributed by atoms with Crippen LogP contribution in [0.15, 0.2) is 45.8 Å². The fourth-order valence-corrected chi connectivity index (χ4v) is 4.04. The molecular weight excluding hydrogens is 418 g/mol. The van der Waals surface area contributed by atoms with E-state index in [4.69, 9.17) is 4.52 Å². The van der Waals surface area contributed by atoms with Gasteiger partial charge in [0.15, 0.2) is 0 Å². The molecule has 0 aliphatic carbocycles. The van der Waals surface area contributed by atoms with Crippen LogP contribution in [-0.2, 0) is 14.8 Å². The summed E-state index contributed by atoms with van der Waals surface area (Å²) in [5.41, 5.74) is 0.635. The molecule has 0 aliphatic rings. The number of sulfonamides is 1. The Labute approximate surface area is 171 Å². The number of nitrogens with zero attached hydrogens (tertiary/aromatic N) is 3. The first kappa shape index (κ1) is 21.5. The molecule has 1 heterocycles. The Bertz CT molecular complexity index is 1210. The zero-order chi connectivity index (χ0) is 22.1. The number of aryl methyl sites for hydroxylation is 2. The molecule has 1 amide bonds. The molecule has 0 spiro atoms. The summed E-state index contributed by atoms with van der Waals surface area (Å²) in [5.74, 6) is -1.98. The van der Waals surface area contributed by atoms with E-state index in [9.17, 15) is 22.0 Å². The highest BCUT2D eigenvalue weighted by Gasteiger charge is 2.26. The third-order valence-corrected chi connectivity index (χ3v) is 6.18. The molecule has 0 bridgehead atoms. The minimum absolute atomic E-state index is 0.0364. The van der Waals surface area contributed by atoms with E-state index in [1.54, 1.807) is 26.0 Å². The lowest BCUT2D eigenvalue weighted by Gasteiger charge is -2.18. The van der Waals surface area contributed by atoms with Gasteiger partial charge in [-0.2, -0.15) is 9.29 Å². The quantitative estimate of drug-likeness (QED) is 0.637. The van der Waals surface area contributed by atoms with Gasteiger partial charge in [0.1, 0.15) is 11.6 Å². The lowest BCUT2D eigenvalue weighted by atomic mass is 10.1. The van der Waals surface area contributed by atoms with Crippen LogP contribution in [0.3, 0.4) is 0 Å². The summed E-state index contributed by atoms with van der Waals surface area (Å²) in [5, 5.41) is 6.00. The predicted octanol–water partition coefficient (Wildman–Crippen LogP) is 2.89. The van der Waals surface area contributed by atoms with Gasteiger partial charge in [0.25, 0.3) is 0 Å². The van der Waals surface area contributed by atoms with E-state index in [2.05, 4.69) is 15.5 Å². The number of hydrogen-bond donors (Lipinski definition) is 1. The van der Waals surface area contributed by atoms with E-state index in [0.717, 1.165) is 16.4 Å². The third-order valence-electron chi connectivity index (χ3n) is 4.23. The van der Waals surface area contributed by atoms with E-state index in [1.807, 2.05) is 0 Å². The second-order valence-corrected chi connectivity index (χ2v) is 8.56. The number of aromatic nitrogens is 2. The largest absolute Gasteiger partial charge is 0.339 e. The molecule has 0 aliphatic heterocycles. The minimum Gasteiger partial charge on any atom is -0.339 e. The molecule has 2 aromatic carbocycles. The summed E-state index contributed by atoms with van der Waals surface area (Å²) in [4.78, 5) is 16.2. The molecule has 0 saturated heterocycles. The van der Waals surface area contributed by atoms with Gasteiger partial charge in [-0.1, -0.05) is 17.3 Å². The lowest BCUT2D eigenvalue weighted by Crippen LogP contribution is -2.35. The van der Waals surface area contributed by atoms with Gasteiger partial charge in [-0.15, -0.1) is 0 Å². The van der Waals surface area contributed by atoms with Gasteiger partial charge in [0, 0.05) is 25.6 Å². The normalized spacial score (nSPS) is 11.7. The average Bonchev–Trinajstić information content (AvgIpc) is 3.10. The number of hydrogen-bond acceptors (Lipinski definition) is 6. The van der Waals surface area contributed by atoms with Crippen LogP contribution >= 0.6 is 0 Å². The molecule has 30 heavy (non-hydrogen) atoms. The molecule has 1 N–H and O–H groups in total. The summed E-state index contributed by atoms with van der Waals surface area (Å²) in [6.45, 7) is 2.64. The van der Waals surface area contributed by atoms with Gasteiger partial charge in [-0.05, 0) is 30.7 Å². The zero-order valence-corrected chi connectivity index (χ0v) is 17.1. The van der Waals surface area contributed by atoms with Crippen molar-refractivity contribution in [1.82, 2.24) is 14.4 Å². The number of rotatable bonds is 6. The van der Waals surface area contributed by atoms with E-state index < -0.39 is 34.1 Å². The Balaban J connectivity index is 1.81. The van der Waals surface area contributed by atoms with Gasteiger partial charge in [0.2, 0.25) is 27.6 Å². The third kappa shape index (κ3) is 4.52. The molecule has 1 aromatic heterocycles. The second-order valence-electron chi connectivity index (χ2n) is 6.55. The molecule has 11 heteroatoms. The van der Waals surface area contributed by atoms with Crippen molar-refractivity contribution in [2.75, 3.05) is 18.9 Å². The van der Waals surface area contributed by atoms with E-state index in [-0.39, 0.29) is 16.4 Å². The van der Waals surface area contributed by atoms with Crippen molar-refractivity contribution >= 4 is 21.6 Å². The molecule has 0 radical (unpaired) electrons. The molecule has 0 fully saturated rings. The van der Waals surface area contributed by atoms with Crippen molar-refractivity contribution in [3.05, 3.63) is 59.5 Å². The van der Waals surface area contributed by atoms with Gasteiger partial charge in [-0.3, -0.25) is 4.79 Å². The van der Waals surface area contributed by atoms with Crippen molar-refractivity contribution < 1.29 is 26.5 Å². The Hall–Kier alpha value is -3.18. The van der Waals surface area contributed by atoms with Crippen molar-refractivity contribution in [3.63, 3.8) is 0 Å². The molecule has 0 unspecified atom stereocenters. The number of nitrogens with one attached hydrogen (secondary N) is 1. The summed E-state index contributed by atoms with van der Waals surface area (Å²) in [6, 6.07) is 7.29. The van der Waals surface area contributed by atoms with Gasteiger partial charge < -0.3 is 9.84 Å². The van der Waals surface area contributed by atoms with Crippen LogP contribution in [0.4, 0.5) is 14.5 Å². The number of anilines is 1. The maximum absolute atomic E-state index is 13.7. The first-order chi connectivity index (χ1) is 14.1. The SMILES string of the molecule is Cc1nc(-c2ccc(C)c(S(=O)(=O)N(C)CC(=O)Nc3ccc(F)cc3F)c2)no1. The number of carbonyl (C=O) groups excluding carboxylic acids is 1. The van der Waals surface area contributed by atoms with E-state index in [1.165, 1.54) is 13.1 Å². The van der Waals surface area contributed by atoms with Crippen LogP contribution in [0.5, 0.6) is 0 Å². The van der Waals surface area contributed by atoms with Crippen LogP contribution in [0, 0.1) is 25.5 Å². The number of likely N-dealkylation sites (N-methyl/N-ethyl adjacent to an activating group) is 1. The number of halogens is 2. The van der Waals surface area contributed by atoms with Crippen molar-refractivity contribution in [2.24, 2.45) is 0 Å². The maximum atomic E-state index is 13.7. The van der Waals surface area contributed by atoms with Gasteiger partial charge in [-0.25, -0.2) is 17.2 Å². The smallest absolute Gasteiger partial charge is 0.243 e. The monoisotopic (exact) mass is 436 g/mol. The molecule has 0 saturated carbocycles. The molecule has 3 rings (SSSR count). The van der Waals surface area contributed by atoms with Crippen LogP contribution in [-0.4, -0.2) is 42.4 Å². The standard InChI is InChI=1S/C19H18F2N4O4S/c1-11-4-5-13(19-22-12(2)29-24-19)8-17(11)30(27,28)25(3)10-18(26)23-16-7-6-14(20)9-15(16)21/h4-9H,10H2,1-3H3,(H,23,26). The van der Waals surface area contributed by atoms with Crippen LogP contribution in [0.2, 0.25) is 0 Å². The fraction of sp³-hybridized carbons (Fsp3) is 0.211. The lowest BCUT2D eigenvalue weighted by molar-refractivity contribution is -0.116. The average molecular weight is 436 g/mol. The molecule has 158 valence electrons. The predicted molar refractivity (Wildman–Crippen MR) is 104 cm³/mol. The van der Waals surface area contributed by atoms with Crippen LogP contribution in [0.25, 0.3) is 11.4 Å². The zero-order valence-electron chi connectivity index (χ0n) is 16.3. The Morgan fingerprint density at radius 3 is 2.53 bits per heavy atom. The van der Waals surface area contributed by atoms with E-state index >= 15 is 0 Å². The van der Waals surface area contributed by atoms with Gasteiger partial charge in [0.05, 0.1) is 17.1 Å². The van der Waals surface area contributed by atoms with Crippen molar-refractivity contribution in [2.45, 2.75) is 18.7 Å². The summed E-state index contributed by atoms with van der Waals surface area (Å²) < 4.78 is 58.4. The first-order valence-electron chi connectivity index (χ1n) is 8.70. The fourth-order valence-electron chi connectivity index (χ4n) is 2.67. The number of carbonyl (C=O) groups is 1. The minimum atomic E-state index is -4.06. The topological polar surface area (TPSA) is 105 Å². The van der Waals surface area contributed by atoms with Crippen LogP contribution in [0.1, 0.15) is 11.5 Å². The molecule has 8 nitrogen and oxygen atoms in total. The van der Waals surface area contributed by atoms with E-state index in [0.29, 0.717) is 23.1 Å². The molecule has 3 aromatic rings. The maximum Gasteiger partial charge on any atom is 0.243 e. The molecular formula is C19H18F2N4O4S. The highest BCUT2D eigenvalue weighted by atomic mass is 32.2. The second kappa shape index (κ2) is 8.28. The van der Waals surface area contributed by atoms with Crippen molar-refractivity contribution in [3.8, 4) is 11.4 Å². The Morgan fingerprint density at radius 1 is 1.17 bits per heavy atom. The summed E-state index contributed by atoms with van der Waals surface area (Å²) in [7, 11) is -2.84.